The fourth-order valence-corrected chi connectivity index (χ4v) is 0.884. The van der Waals surface area contributed by atoms with Crippen molar-refractivity contribution in [3.05, 3.63) is 24.5 Å². The van der Waals surface area contributed by atoms with Crippen LogP contribution >= 0.6 is 0 Å². The number of ether oxygens (including phenoxy) is 1. The van der Waals surface area contributed by atoms with Crippen LogP contribution in [0.3, 0.4) is 0 Å². The van der Waals surface area contributed by atoms with Crippen LogP contribution in [0, 0.1) is 0 Å². The molecule has 0 bridgehead atoms. The van der Waals surface area contributed by atoms with E-state index in [2.05, 4.69) is 9.72 Å². The van der Waals surface area contributed by atoms with E-state index < -0.39 is 29.7 Å². The second kappa shape index (κ2) is 4.67. The second-order valence-corrected chi connectivity index (χ2v) is 3.22. The van der Waals surface area contributed by atoms with Gasteiger partial charge in [-0.3, -0.25) is 4.98 Å². The van der Waals surface area contributed by atoms with Gasteiger partial charge in [0.2, 0.25) is 0 Å². The third kappa shape index (κ3) is 2.76. The van der Waals surface area contributed by atoms with Gasteiger partial charge in [-0.25, -0.2) is 4.79 Å². The van der Waals surface area contributed by atoms with Gasteiger partial charge in [-0.1, -0.05) is 0 Å². The molecule has 0 saturated heterocycles. The Morgan fingerprint density at radius 2 is 1.47 bits per heavy atom. The third-order valence-electron chi connectivity index (χ3n) is 1.87. The van der Waals surface area contributed by atoms with Crippen LogP contribution in [-0.4, -0.2) is 29.0 Å². The van der Waals surface area contributed by atoms with Gasteiger partial charge in [0.25, 0.3) is 0 Å². The fourth-order valence-electron chi connectivity index (χ4n) is 0.884. The van der Waals surface area contributed by atoms with Gasteiger partial charge in [-0.2, -0.15) is 30.7 Å². The number of aromatic nitrogens is 1. The van der Waals surface area contributed by atoms with Crippen LogP contribution in [0.15, 0.2) is 24.5 Å². The van der Waals surface area contributed by atoms with Gasteiger partial charge < -0.3 is 4.74 Å². The summed E-state index contributed by atoms with van der Waals surface area (Å²) in [5.74, 6) is -16.2. The normalized spacial score (nSPS) is 13.2. The number of nitrogens with zero attached hydrogens (tertiary/aromatic N) is 1. The number of esters is 1. The summed E-state index contributed by atoms with van der Waals surface area (Å²) < 4.78 is 89.7. The van der Waals surface area contributed by atoms with Crippen molar-refractivity contribution in [2.45, 2.75) is 18.0 Å². The third-order valence-corrected chi connectivity index (χ3v) is 1.87. The van der Waals surface area contributed by atoms with Crippen LogP contribution in [0.5, 0.6) is 5.75 Å². The lowest BCUT2D eigenvalue weighted by Crippen LogP contribution is -2.57. The average Bonchev–Trinajstić information content (AvgIpc) is 2.28. The van der Waals surface area contributed by atoms with Gasteiger partial charge in [0.05, 0.1) is 0 Å². The number of alkyl halides is 7. The van der Waals surface area contributed by atoms with Crippen molar-refractivity contribution in [1.29, 1.82) is 0 Å². The molecule has 0 N–H and O–H groups in total. The van der Waals surface area contributed by atoms with Crippen LogP contribution in [0.2, 0.25) is 0 Å². The van der Waals surface area contributed by atoms with E-state index in [-0.39, 0.29) is 0 Å². The lowest BCUT2D eigenvalue weighted by atomic mass is 10.1. The number of hydrogen-bond donors (Lipinski definition) is 0. The molecule has 0 spiro atoms. The van der Waals surface area contributed by atoms with Crippen molar-refractivity contribution in [2.75, 3.05) is 0 Å². The minimum Gasteiger partial charge on any atom is -0.422 e. The smallest absolute Gasteiger partial charge is 0.422 e. The Balaban J connectivity index is 2.98. The molecule has 1 rings (SSSR count). The topological polar surface area (TPSA) is 39.2 Å². The van der Waals surface area contributed by atoms with Gasteiger partial charge in [-0.15, -0.1) is 0 Å². The van der Waals surface area contributed by atoms with Crippen molar-refractivity contribution >= 4 is 5.97 Å². The predicted octanol–water partition coefficient (Wildman–Crippen LogP) is 2.82. The second-order valence-electron chi connectivity index (χ2n) is 3.22. The van der Waals surface area contributed by atoms with Gasteiger partial charge in [0, 0.05) is 12.4 Å². The first-order chi connectivity index (χ1) is 8.50. The molecule has 19 heavy (non-hydrogen) atoms. The van der Waals surface area contributed by atoms with Gasteiger partial charge >= 0.3 is 24.0 Å². The Morgan fingerprint density at radius 3 is 1.89 bits per heavy atom. The monoisotopic (exact) mass is 291 g/mol. The maximum Gasteiger partial charge on any atom is 0.460 e. The van der Waals surface area contributed by atoms with Crippen molar-refractivity contribution in [2.24, 2.45) is 0 Å². The number of hydrogen-bond acceptors (Lipinski definition) is 3. The molecule has 0 amide bonds. The molecule has 10 heteroatoms. The Hall–Kier alpha value is -1.87. The molecule has 0 atom stereocenters. The first-order valence-electron chi connectivity index (χ1n) is 4.45. The number of carbonyl (C=O) groups is 1. The van der Waals surface area contributed by atoms with E-state index in [4.69, 9.17) is 0 Å². The molecule has 0 aromatic carbocycles. The number of rotatable bonds is 3. The Morgan fingerprint density at radius 1 is 1.00 bits per heavy atom. The minimum absolute atomic E-state index is 0.641. The quantitative estimate of drug-likeness (QED) is 0.635. The van der Waals surface area contributed by atoms with Crippen molar-refractivity contribution < 1.29 is 40.3 Å². The van der Waals surface area contributed by atoms with Crippen LogP contribution in [-0.2, 0) is 4.79 Å². The summed E-state index contributed by atoms with van der Waals surface area (Å²) in [4.78, 5) is 14.2. The van der Waals surface area contributed by atoms with E-state index >= 15 is 0 Å². The minimum atomic E-state index is -6.59. The summed E-state index contributed by atoms with van der Waals surface area (Å²) in [6, 6.07) is 1.67. The first-order valence-corrected chi connectivity index (χ1v) is 4.45. The van der Waals surface area contributed by atoms with E-state index in [1.54, 1.807) is 0 Å². The SMILES string of the molecule is O=C(Oc1ccncc1)C(F)(F)C(F)(F)C(F)(F)F. The summed E-state index contributed by atoms with van der Waals surface area (Å²) >= 11 is 0. The van der Waals surface area contributed by atoms with Crippen LogP contribution in [0.25, 0.3) is 0 Å². The maximum absolute atomic E-state index is 12.8. The maximum atomic E-state index is 12.8. The molecule has 0 unspecified atom stereocenters. The lowest BCUT2D eigenvalue weighted by Gasteiger charge is -2.26. The molecule has 0 aliphatic rings. The van der Waals surface area contributed by atoms with Crippen molar-refractivity contribution in [3.8, 4) is 5.75 Å². The van der Waals surface area contributed by atoms with E-state index in [1.807, 2.05) is 0 Å². The summed E-state index contributed by atoms with van der Waals surface area (Å²) in [5.41, 5.74) is 0. The zero-order chi connectivity index (χ0) is 14.9. The Bertz CT molecular complexity index is 457. The molecule has 0 aliphatic heterocycles. The number of halogens is 7. The highest BCUT2D eigenvalue weighted by molar-refractivity contribution is 5.81. The lowest BCUT2D eigenvalue weighted by molar-refractivity contribution is -0.346. The standard InChI is InChI=1S/C9H4F7NO2/c10-7(11,8(12,13)9(14,15)16)6(18)19-5-1-3-17-4-2-5/h1-4H. The molecule has 106 valence electrons. The zero-order valence-electron chi connectivity index (χ0n) is 8.72. The molecule has 1 aromatic rings. The van der Waals surface area contributed by atoms with Crippen LogP contribution < -0.4 is 4.74 Å². The molecular weight excluding hydrogens is 287 g/mol. The largest absolute Gasteiger partial charge is 0.460 e. The number of carbonyl (C=O) groups excluding carboxylic acids is 1. The van der Waals surface area contributed by atoms with E-state index in [9.17, 15) is 35.5 Å². The number of pyridine rings is 1. The van der Waals surface area contributed by atoms with E-state index in [0.29, 0.717) is 0 Å². The highest BCUT2D eigenvalue weighted by Crippen LogP contribution is 2.46. The molecule has 1 aromatic heterocycles. The summed E-state index contributed by atoms with van der Waals surface area (Å²) in [6.07, 6.45) is -4.67. The molecule has 3 nitrogen and oxygen atoms in total. The van der Waals surface area contributed by atoms with Crippen molar-refractivity contribution in [3.63, 3.8) is 0 Å². The molecule has 1 heterocycles. The summed E-state index contributed by atoms with van der Waals surface area (Å²) in [7, 11) is 0. The van der Waals surface area contributed by atoms with Gasteiger partial charge in [-0.05, 0) is 12.1 Å². The molecule has 0 aliphatic carbocycles. The summed E-state index contributed by atoms with van der Waals surface area (Å²) in [5, 5.41) is 0. The highest BCUT2D eigenvalue weighted by atomic mass is 19.4. The Labute approximate surface area is 101 Å². The molecule has 0 fully saturated rings. The molecule has 0 saturated carbocycles. The Kier molecular flexibility index (Phi) is 3.73. The van der Waals surface area contributed by atoms with Crippen molar-refractivity contribution in [1.82, 2.24) is 4.98 Å². The van der Waals surface area contributed by atoms with Gasteiger partial charge in [0.15, 0.2) is 0 Å². The first kappa shape index (κ1) is 15.2. The molecular formula is C9H4F7NO2. The van der Waals surface area contributed by atoms with Crippen LogP contribution in [0.1, 0.15) is 0 Å². The molecule has 0 radical (unpaired) electrons. The highest BCUT2D eigenvalue weighted by Gasteiger charge is 2.77. The van der Waals surface area contributed by atoms with Gasteiger partial charge in [0.1, 0.15) is 5.75 Å². The van der Waals surface area contributed by atoms with E-state index in [1.165, 1.54) is 0 Å². The summed E-state index contributed by atoms with van der Waals surface area (Å²) in [6.45, 7) is 0. The zero-order valence-corrected chi connectivity index (χ0v) is 8.72. The van der Waals surface area contributed by atoms with E-state index in [0.717, 1.165) is 24.5 Å². The predicted molar refractivity (Wildman–Crippen MR) is 45.8 cm³/mol. The fraction of sp³-hybridized carbons (Fsp3) is 0.333. The van der Waals surface area contributed by atoms with Crippen LogP contribution in [0.4, 0.5) is 30.7 Å². The average molecular weight is 291 g/mol.